The van der Waals surface area contributed by atoms with Gasteiger partial charge in [0.2, 0.25) is 0 Å². The molecule has 100 valence electrons. The van der Waals surface area contributed by atoms with Crippen molar-refractivity contribution in [2.45, 2.75) is 39.2 Å². The second-order valence-corrected chi connectivity index (χ2v) is 4.97. The molecule has 1 aromatic carbocycles. The van der Waals surface area contributed by atoms with Crippen LogP contribution in [0.1, 0.15) is 33.6 Å². The maximum atomic E-state index is 12.1. The molecule has 0 spiro atoms. The molecule has 1 aromatic rings. The first kappa shape index (κ1) is 15.0. The highest BCUT2D eigenvalue weighted by atomic mass is 79.9. The molecule has 0 aliphatic heterocycles. The van der Waals surface area contributed by atoms with Gasteiger partial charge in [-0.25, -0.2) is 4.79 Å². The van der Waals surface area contributed by atoms with E-state index in [0.29, 0.717) is 19.4 Å². The van der Waals surface area contributed by atoms with Crippen LogP contribution in [0.5, 0.6) is 0 Å². The van der Waals surface area contributed by atoms with Crippen molar-refractivity contribution in [1.29, 1.82) is 0 Å². The lowest BCUT2D eigenvalue weighted by atomic mass is 9.92. The number of hydrogen-bond donors (Lipinski definition) is 1. The van der Waals surface area contributed by atoms with Crippen molar-refractivity contribution < 1.29 is 9.53 Å². The highest BCUT2D eigenvalue weighted by Crippen LogP contribution is 2.29. The van der Waals surface area contributed by atoms with Gasteiger partial charge in [-0.3, -0.25) is 0 Å². The Balaban J connectivity index is 2.99. The van der Waals surface area contributed by atoms with Crippen molar-refractivity contribution in [3.05, 3.63) is 28.7 Å². The number of rotatable bonds is 6. The highest BCUT2D eigenvalue weighted by molar-refractivity contribution is 9.10. The van der Waals surface area contributed by atoms with Gasteiger partial charge >= 0.3 is 5.97 Å². The molecule has 0 fully saturated rings. The number of halogens is 1. The molecule has 0 aromatic heterocycles. The second-order valence-electron chi connectivity index (χ2n) is 4.11. The van der Waals surface area contributed by atoms with Crippen LogP contribution in [0.15, 0.2) is 28.7 Å². The third-order valence-corrected chi connectivity index (χ3v) is 3.81. The summed E-state index contributed by atoms with van der Waals surface area (Å²) in [6.07, 6.45) is 1.37. The Kier molecular flexibility index (Phi) is 5.66. The van der Waals surface area contributed by atoms with E-state index in [0.717, 1.165) is 10.2 Å². The molecule has 0 atom stereocenters. The predicted octanol–water partition coefficient (Wildman–Crippen LogP) is 3.98. The molecule has 0 aliphatic rings. The van der Waals surface area contributed by atoms with E-state index >= 15 is 0 Å². The summed E-state index contributed by atoms with van der Waals surface area (Å²) in [6.45, 7) is 6.21. The van der Waals surface area contributed by atoms with E-state index in [2.05, 4.69) is 21.2 Å². The van der Waals surface area contributed by atoms with Crippen LogP contribution in [0.3, 0.4) is 0 Å². The van der Waals surface area contributed by atoms with Crippen molar-refractivity contribution in [3.63, 3.8) is 0 Å². The van der Waals surface area contributed by atoms with Crippen LogP contribution in [0.4, 0.5) is 5.69 Å². The molecule has 0 bridgehead atoms. The predicted molar refractivity (Wildman–Crippen MR) is 77.7 cm³/mol. The van der Waals surface area contributed by atoms with Gasteiger partial charge in [-0.1, -0.05) is 26.0 Å². The highest BCUT2D eigenvalue weighted by Gasteiger charge is 2.36. The Morgan fingerprint density at radius 1 is 1.28 bits per heavy atom. The molecule has 1 rings (SSSR count). The van der Waals surface area contributed by atoms with E-state index in [1.807, 2.05) is 45.0 Å². The molecule has 0 heterocycles. The van der Waals surface area contributed by atoms with E-state index in [-0.39, 0.29) is 5.97 Å². The lowest BCUT2D eigenvalue weighted by Crippen LogP contribution is -2.46. The van der Waals surface area contributed by atoms with E-state index < -0.39 is 5.54 Å². The zero-order chi connectivity index (χ0) is 13.6. The van der Waals surface area contributed by atoms with Gasteiger partial charge in [-0.05, 0) is 47.8 Å². The molecule has 4 heteroatoms. The summed E-state index contributed by atoms with van der Waals surface area (Å²) < 4.78 is 6.13. The van der Waals surface area contributed by atoms with Gasteiger partial charge in [-0.2, -0.15) is 0 Å². The van der Waals surface area contributed by atoms with Crippen molar-refractivity contribution in [3.8, 4) is 0 Å². The van der Waals surface area contributed by atoms with Crippen molar-refractivity contribution in [1.82, 2.24) is 0 Å². The average Bonchev–Trinajstić information content (AvgIpc) is 2.38. The number of para-hydroxylation sites is 1. The van der Waals surface area contributed by atoms with Gasteiger partial charge in [0.1, 0.15) is 5.54 Å². The normalized spacial score (nSPS) is 11.1. The number of benzene rings is 1. The van der Waals surface area contributed by atoms with Crippen molar-refractivity contribution >= 4 is 27.6 Å². The van der Waals surface area contributed by atoms with Gasteiger partial charge in [0.15, 0.2) is 0 Å². The zero-order valence-corrected chi connectivity index (χ0v) is 12.7. The Labute approximate surface area is 117 Å². The standard InChI is InChI=1S/C14H20BrNO2/c1-4-14(5-2,13(17)18-6-3)16-12-10-8-7-9-11(12)15/h7-10,16H,4-6H2,1-3H3. The smallest absolute Gasteiger partial charge is 0.331 e. The summed E-state index contributed by atoms with van der Waals surface area (Å²) >= 11 is 3.48. The number of anilines is 1. The van der Waals surface area contributed by atoms with Crippen LogP contribution >= 0.6 is 15.9 Å². The molecule has 0 aliphatic carbocycles. The summed E-state index contributed by atoms with van der Waals surface area (Å²) in [4.78, 5) is 12.1. The first-order valence-corrected chi connectivity index (χ1v) is 7.08. The monoisotopic (exact) mass is 313 g/mol. The van der Waals surface area contributed by atoms with E-state index in [1.54, 1.807) is 0 Å². The summed E-state index contributed by atoms with van der Waals surface area (Å²) in [7, 11) is 0. The number of hydrogen-bond acceptors (Lipinski definition) is 3. The largest absolute Gasteiger partial charge is 0.464 e. The van der Waals surface area contributed by atoms with E-state index in [4.69, 9.17) is 4.74 Å². The number of nitrogens with one attached hydrogen (secondary N) is 1. The maximum absolute atomic E-state index is 12.1. The zero-order valence-electron chi connectivity index (χ0n) is 11.1. The molecule has 0 saturated heterocycles. The minimum absolute atomic E-state index is 0.189. The average molecular weight is 314 g/mol. The van der Waals surface area contributed by atoms with Gasteiger partial charge in [-0.15, -0.1) is 0 Å². The minimum atomic E-state index is -0.653. The molecular weight excluding hydrogens is 294 g/mol. The quantitative estimate of drug-likeness (QED) is 0.807. The van der Waals surface area contributed by atoms with Gasteiger partial charge in [0.05, 0.1) is 6.61 Å². The number of esters is 1. The summed E-state index contributed by atoms with van der Waals surface area (Å²) in [5, 5.41) is 3.32. The Morgan fingerprint density at radius 2 is 1.89 bits per heavy atom. The maximum Gasteiger partial charge on any atom is 0.331 e. The molecule has 1 N–H and O–H groups in total. The fourth-order valence-corrected chi connectivity index (χ4v) is 2.24. The fraction of sp³-hybridized carbons (Fsp3) is 0.500. The number of carbonyl (C=O) groups excluding carboxylic acids is 1. The topological polar surface area (TPSA) is 38.3 Å². The third-order valence-electron chi connectivity index (χ3n) is 3.12. The Bertz CT molecular complexity index is 403. The second kappa shape index (κ2) is 6.78. The first-order chi connectivity index (χ1) is 8.59. The van der Waals surface area contributed by atoms with Crippen LogP contribution in [0.2, 0.25) is 0 Å². The van der Waals surface area contributed by atoms with Crippen molar-refractivity contribution in [2.24, 2.45) is 0 Å². The van der Waals surface area contributed by atoms with Crippen LogP contribution in [-0.4, -0.2) is 18.1 Å². The summed E-state index contributed by atoms with van der Waals surface area (Å²) in [6, 6.07) is 7.78. The SMILES string of the molecule is CCOC(=O)C(CC)(CC)Nc1ccccc1Br. The molecular formula is C14H20BrNO2. The van der Waals surface area contributed by atoms with Gasteiger partial charge in [0.25, 0.3) is 0 Å². The van der Waals surface area contributed by atoms with Gasteiger partial charge in [0, 0.05) is 10.2 Å². The molecule has 0 radical (unpaired) electrons. The van der Waals surface area contributed by atoms with Crippen molar-refractivity contribution in [2.75, 3.05) is 11.9 Å². The van der Waals surface area contributed by atoms with Gasteiger partial charge < -0.3 is 10.1 Å². The Hall–Kier alpha value is -1.03. The Morgan fingerprint density at radius 3 is 2.39 bits per heavy atom. The first-order valence-electron chi connectivity index (χ1n) is 6.29. The molecule has 0 saturated carbocycles. The fourth-order valence-electron chi connectivity index (χ4n) is 1.86. The van der Waals surface area contributed by atoms with Crippen LogP contribution < -0.4 is 5.32 Å². The minimum Gasteiger partial charge on any atom is -0.464 e. The van der Waals surface area contributed by atoms with Crippen LogP contribution in [0.25, 0.3) is 0 Å². The van der Waals surface area contributed by atoms with Crippen LogP contribution in [-0.2, 0) is 9.53 Å². The van der Waals surface area contributed by atoms with E-state index in [9.17, 15) is 4.79 Å². The lowest BCUT2D eigenvalue weighted by molar-refractivity contribution is -0.148. The summed E-state index contributed by atoms with van der Waals surface area (Å²) in [5.41, 5.74) is 0.258. The molecule has 18 heavy (non-hydrogen) atoms. The number of carbonyl (C=O) groups is 1. The van der Waals surface area contributed by atoms with E-state index in [1.165, 1.54) is 0 Å². The number of ether oxygens (including phenoxy) is 1. The molecule has 0 amide bonds. The lowest BCUT2D eigenvalue weighted by Gasteiger charge is -2.31. The molecule has 3 nitrogen and oxygen atoms in total. The summed E-state index contributed by atoms with van der Waals surface area (Å²) in [5.74, 6) is -0.189. The molecule has 0 unspecified atom stereocenters. The third kappa shape index (κ3) is 3.25. The van der Waals surface area contributed by atoms with Crippen LogP contribution in [0, 0.1) is 0 Å².